The molecule has 0 saturated heterocycles. The van der Waals surface area contributed by atoms with Crippen molar-refractivity contribution in [3.8, 4) is 5.75 Å². The monoisotopic (exact) mass is 303 g/mol. The molecule has 0 aliphatic rings. The molecule has 118 valence electrons. The van der Waals surface area contributed by atoms with E-state index in [2.05, 4.69) is 22.4 Å². The van der Waals surface area contributed by atoms with Crippen molar-refractivity contribution < 1.29 is 14.1 Å². The maximum Gasteiger partial charge on any atom is 0.231 e. The third-order valence-electron chi connectivity index (χ3n) is 3.52. The van der Waals surface area contributed by atoms with Crippen LogP contribution in [0.25, 0.3) is 0 Å². The first kappa shape index (κ1) is 16.2. The molecule has 0 amide bonds. The summed E-state index contributed by atoms with van der Waals surface area (Å²) in [6.07, 6.45) is 1.13. The fourth-order valence-electron chi connectivity index (χ4n) is 2.12. The van der Waals surface area contributed by atoms with Crippen molar-refractivity contribution >= 4 is 5.78 Å². The number of nitrogens with zero attached hydrogens (tertiary/aromatic N) is 2. The van der Waals surface area contributed by atoms with Crippen LogP contribution in [0.15, 0.2) is 22.7 Å². The normalized spacial score (nSPS) is 12.2. The molecule has 2 rings (SSSR count). The number of aromatic nitrogens is 2. The molecular formula is C16H21N3O3. The number of carbonyl (C=O) groups excluding carboxylic acids is 1. The molecule has 22 heavy (non-hydrogen) atoms. The molecule has 0 spiro atoms. The van der Waals surface area contributed by atoms with Crippen molar-refractivity contribution in [1.29, 1.82) is 0 Å². The second-order valence-corrected chi connectivity index (χ2v) is 5.26. The number of hydrogen-bond acceptors (Lipinski definition) is 6. The predicted molar refractivity (Wildman–Crippen MR) is 82.3 cm³/mol. The highest BCUT2D eigenvalue weighted by atomic mass is 16.5. The molecule has 1 unspecified atom stereocenters. The SMILES string of the molecule is CNC(C)Cc1noc(Cc2cc(C(C)=O)ccc2OC)n1. The summed E-state index contributed by atoms with van der Waals surface area (Å²) < 4.78 is 10.6. The lowest BCUT2D eigenvalue weighted by Crippen LogP contribution is -2.24. The van der Waals surface area contributed by atoms with E-state index in [1.165, 1.54) is 6.92 Å². The second-order valence-electron chi connectivity index (χ2n) is 5.26. The molecule has 1 atom stereocenters. The number of nitrogens with one attached hydrogen (secondary N) is 1. The van der Waals surface area contributed by atoms with Crippen molar-refractivity contribution in [2.45, 2.75) is 32.7 Å². The largest absolute Gasteiger partial charge is 0.496 e. The van der Waals surface area contributed by atoms with Crippen LogP contribution >= 0.6 is 0 Å². The number of Topliss-reactive ketones (excluding diaryl/α,β-unsaturated/α-hetero) is 1. The molecular weight excluding hydrogens is 282 g/mol. The Kier molecular flexibility index (Phi) is 5.27. The summed E-state index contributed by atoms with van der Waals surface area (Å²) in [5, 5.41) is 7.11. The fourth-order valence-corrected chi connectivity index (χ4v) is 2.12. The van der Waals surface area contributed by atoms with E-state index < -0.39 is 0 Å². The van der Waals surface area contributed by atoms with Gasteiger partial charge in [0, 0.05) is 23.6 Å². The van der Waals surface area contributed by atoms with Crippen LogP contribution in [0.2, 0.25) is 0 Å². The summed E-state index contributed by atoms with van der Waals surface area (Å²) in [5.74, 6) is 1.89. The minimum atomic E-state index is 0.0120. The highest BCUT2D eigenvalue weighted by Gasteiger charge is 2.13. The standard InChI is InChI=1S/C16H21N3O3/c1-10(17-3)7-15-18-16(22-19-15)9-13-8-12(11(2)20)5-6-14(13)21-4/h5-6,8,10,17H,7,9H2,1-4H3. The van der Waals surface area contributed by atoms with Crippen molar-refractivity contribution in [2.24, 2.45) is 0 Å². The number of methoxy groups -OCH3 is 1. The van der Waals surface area contributed by atoms with Gasteiger partial charge in [-0.25, -0.2) is 0 Å². The van der Waals surface area contributed by atoms with Crippen LogP contribution in [0.5, 0.6) is 5.75 Å². The molecule has 1 aromatic heterocycles. The first-order valence-electron chi connectivity index (χ1n) is 7.20. The Bertz CT molecular complexity index is 652. The molecule has 0 bridgehead atoms. The van der Waals surface area contributed by atoms with Gasteiger partial charge in [-0.05, 0) is 39.1 Å². The van der Waals surface area contributed by atoms with Gasteiger partial charge >= 0.3 is 0 Å². The van der Waals surface area contributed by atoms with Crippen LogP contribution < -0.4 is 10.1 Å². The maximum atomic E-state index is 11.5. The van der Waals surface area contributed by atoms with Gasteiger partial charge in [-0.3, -0.25) is 4.79 Å². The smallest absolute Gasteiger partial charge is 0.231 e. The van der Waals surface area contributed by atoms with E-state index in [4.69, 9.17) is 9.26 Å². The average Bonchev–Trinajstić information content (AvgIpc) is 2.94. The predicted octanol–water partition coefficient (Wildman–Crippen LogP) is 2.02. The third-order valence-corrected chi connectivity index (χ3v) is 3.52. The van der Waals surface area contributed by atoms with Crippen LogP contribution in [0.1, 0.15) is 41.5 Å². The summed E-state index contributed by atoms with van der Waals surface area (Å²) in [6, 6.07) is 5.62. The maximum absolute atomic E-state index is 11.5. The molecule has 0 radical (unpaired) electrons. The Labute approximate surface area is 129 Å². The van der Waals surface area contributed by atoms with Crippen LogP contribution in [0, 0.1) is 0 Å². The van der Waals surface area contributed by atoms with Crippen molar-refractivity contribution in [3.05, 3.63) is 41.0 Å². The van der Waals surface area contributed by atoms with E-state index in [0.717, 1.165) is 5.56 Å². The van der Waals surface area contributed by atoms with Gasteiger partial charge < -0.3 is 14.6 Å². The van der Waals surface area contributed by atoms with Gasteiger partial charge in [-0.2, -0.15) is 4.98 Å². The number of ether oxygens (including phenoxy) is 1. The molecule has 0 aliphatic heterocycles. The van der Waals surface area contributed by atoms with Gasteiger partial charge in [0.2, 0.25) is 5.89 Å². The Morgan fingerprint density at radius 3 is 2.86 bits per heavy atom. The minimum Gasteiger partial charge on any atom is -0.496 e. The summed E-state index contributed by atoms with van der Waals surface area (Å²) >= 11 is 0. The molecule has 6 heteroatoms. The van der Waals surface area contributed by atoms with Gasteiger partial charge in [-0.15, -0.1) is 0 Å². The average molecular weight is 303 g/mol. The van der Waals surface area contributed by atoms with E-state index >= 15 is 0 Å². The Morgan fingerprint density at radius 2 is 2.23 bits per heavy atom. The zero-order valence-electron chi connectivity index (χ0n) is 13.3. The number of carbonyl (C=O) groups is 1. The molecule has 1 N–H and O–H groups in total. The van der Waals surface area contributed by atoms with Crippen LogP contribution in [0.3, 0.4) is 0 Å². The van der Waals surface area contributed by atoms with E-state index in [-0.39, 0.29) is 11.8 Å². The van der Waals surface area contributed by atoms with Gasteiger partial charge in [0.15, 0.2) is 11.6 Å². The number of likely N-dealkylation sites (N-methyl/N-ethyl adjacent to an activating group) is 1. The number of ketones is 1. The lowest BCUT2D eigenvalue weighted by atomic mass is 10.0. The van der Waals surface area contributed by atoms with Gasteiger partial charge in [-0.1, -0.05) is 5.16 Å². The van der Waals surface area contributed by atoms with Crippen molar-refractivity contribution in [2.75, 3.05) is 14.2 Å². The fraction of sp³-hybridized carbons (Fsp3) is 0.438. The minimum absolute atomic E-state index is 0.0120. The van der Waals surface area contributed by atoms with E-state index in [1.807, 2.05) is 7.05 Å². The Hall–Kier alpha value is -2.21. The zero-order valence-corrected chi connectivity index (χ0v) is 13.3. The highest BCUT2D eigenvalue weighted by Crippen LogP contribution is 2.23. The van der Waals surface area contributed by atoms with Gasteiger partial charge in [0.1, 0.15) is 5.75 Å². The summed E-state index contributed by atoms with van der Waals surface area (Å²) in [6.45, 7) is 3.59. The van der Waals surface area contributed by atoms with Gasteiger partial charge in [0.05, 0.1) is 13.5 Å². The van der Waals surface area contributed by atoms with E-state index in [9.17, 15) is 4.79 Å². The lowest BCUT2D eigenvalue weighted by Gasteiger charge is -2.08. The molecule has 0 saturated carbocycles. The van der Waals surface area contributed by atoms with Crippen LogP contribution in [0.4, 0.5) is 0 Å². The van der Waals surface area contributed by atoms with Gasteiger partial charge in [0.25, 0.3) is 0 Å². The Balaban J connectivity index is 2.19. The van der Waals surface area contributed by atoms with E-state index in [1.54, 1.807) is 25.3 Å². The lowest BCUT2D eigenvalue weighted by molar-refractivity contribution is 0.101. The summed E-state index contributed by atoms with van der Waals surface area (Å²) in [7, 11) is 3.49. The Morgan fingerprint density at radius 1 is 1.45 bits per heavy atom. The molecule has 2 aromatic rings. The number of benzene rings is 1. The first-order valence-corrected chi connectivity index (χ1v) is 7.20. The molecule has 0 fully saturated rings. The third kappa shape index (κ3) is 3.92. The second kappa shape index (κ2) is 7.17. The zero-order chi connectivity index (χ0) is 16.1. The highest BCUT2D eigenvalue weighted by molar-refractivity contribution is 5.94. The quantitative estimate of drug-likeness (QED) is 0.789. The number of rotatable bonds is 7. The molecule has 6 nitrogen and oxygen atoms in total. The number of hydrogen-bond donors (Lipinski definition) is 1. The molecule has 1 heterocycles. The molecule has 0 aliphatic carbocycles. The first-order chi connectivity index (χ1) is 10.5. The summed E-state index contributed by atoms with van der Waals surface area (Å²) in [5.41, 5.74) is 1.49. The van der Waals surface area contributed by atoms with Crippen molar-refractivity contribution in [1.82, 2.24) is 15.5 Å². The van der Waals surface area contributed by atoms with Crippen LogP contribution in [-0.4, -0.2) is 36.1 Å². The topological polar surface area (TPSA) is 77.2 Å². The van der Waals surface area contributed by atoms with Crippen molar-refractivity contribution in [3.63, 3.8) is 0 Å². The molecule has 1 aromatic carbocycles. The summed E-state index contributed by atoms with van der Waals surface area (Å²) in [4.78, 5) is 15.9. The van der Waals surface area contributed by atoms with Crippen LogP contribution in [-0.2, 0) is 12.8 Å². The van der Waals surface area contributed by atoms with E-state index in [0.29, 0.717) is 35.9 Å².